The predicted molar refractivity (Wildman–Crippen MR) is 234 cm³/mol. The Morgan fingerprint density at radius 3 is 1.23 bits per heavy atom. The van der Waals surface area contributed by atoms with E-state index in [0.717, 1.165) is 55.4 Å². The molecule has 3 heterocycles. The van der Waals surface area contributed by atoms with Crippen molar-refractivity contribution in [2.75, 3.05) is 13.2 Å². The highest BCUT2D eigenvalue weighted by Crippen LogP contribution is 2.38. The summed E-state index contributed by atoms with van der Waals surface area (Å²) in [7, 11) is 0. The number of esters is 8. The average Bonchev–Trinajstić information content (AvgIpc) is 3.28. The van der Waals surface area contributed by atoms with E-state index in [1.807, 2.05) is 0 Å². The summed E-state index contributed by atoms with van der Waals surface area (Å²) in [4.78, 5) is 102. The van der Waals surface area contributed by atoms with Crippen LogP contribution < -0.4 is 0 Å². The van der Waals surface area contributed by atoms with E-state index in [9.17, 15) is 38.4 Å². The Bertz CT molecular complexity index is 2140. The molecule has 2 aromatic rings. The van der Waals surface area contributed by atoms with Gasteiger partial charge in [0.1, 0.15) is 37.6 Å². The molecule has 0 bridgehead atoms. The number of hydrogen-bond donors (Lipinski definition) is 0. The monoisotopic (exact) mass is 1000 g/mol. The van der Waals surface area contributed by atoms with Crippen molar-refractivity contribution < 1.29 is 109 Å². The van der Waals surface area contributed by atoms with Gasteiger partial charge in [0.05, 0.1) is 19.3 Å². The molecule has 0 aliphatic carbocycles. The van der Waals surface area contributed by atoms with Crippen LogP contribution in [0, 0.1) is 0 Å². The van der Waals surface area contributed by atoms with Crippen LogP contribution in [0.25, 0.3) is 0 Å². The van der Waals surface area contributed by atoms with Gasteiger partial charge in [-0.25, -0.2) is 0 Å². The van der Waals surface area contributed by atoms with Crippen molar-refractivity contribution in [1.82, 2.24) is 0 Å². The topological polar surface area (TPSA) is 275 Å². The van der Waals surface area contributed by atoms with E-state index < -0.39 is 153 Å². The first-order chi connectivity index (χ1) is 33.7. The second kappa shape index (κ2) is 26.4. The van der Waals surface area contributed by atoms with Crippen molar-refractivity contribution in [3.05, 3.63) is 71.8 Å². The fourth-order valence-electron chi connectivity index (χ4n) is 8.05. The van der Waals surface area contributed by atoms with Gasteiger partial charge in [-0.2, -0.15) is 0 Å². The number of rotatable bonds is 20. The maximum atomic E-state index is 13.1. The third-order valence-electron chi connectivity index (χ3n) is 10.7. The molecule has 5 rings (SSSR count). The largest absolute Gasteiger partial charge is 0.463 e. The van der Waals surface area contributed by atoms with Crippen molar-refractivity contribution >= 4 is 47.8 Å². The first kappa shape index (κ1) is 55.8. The molecule has 0 N–H and O–H groups in total. The van der Waals surface area contributed by atoms with E-state index >= 15 is 0 Å². The van der Waals surface area contributed by atoms with Gasteiger partial charge in [-0.15, -0.1) is 0 Å². The Kier molecular flexibility index (Phi) is 20.8. The van der Waals surface area contributed by atoms with Crippen LogP contribution in [-0.2, 0) is 123 Å². The van der Waals surface area contributed by atoms with Crippen LogP contribution in [0.2, 0.25) is 0 Å². The maximum Gasteiger partial charge on any atom is 0.303 e. The van der Waals surface area contributed by atoms with Crippen LogP contribution in [-0.4, -0.2) is 153 Å². The van der Waals surface area contributed by atoms with E-state index in [0.29, 0.717) is 11.1 Å². The number of carbonyl (C=O) groups excluding carboxylic acids is 8. The lowest BCUT2D eigenvalue weighted by Crippen LogP contribution is -2.68. The van der Waals surface area contributed by atoms with Crippen molar-refractivity contribution in [2.24, 2.45) is 0 Å². The summed E-state index contributed by atoms with van der Waals surface area (Å²) in [6.07, 6.45) is -23.7. The smallest absolute Gasteiger partial charge is 0.303 e. The first-order valence-corrected chi connectivity index (χ1v) is 22.6. The van der Waals surface area contributed by atoms with E-state index in [1.165, 1.54) is 6.92 Å². The Balaban J connectivity index is 1.68. The zero-order valence-electron chi connectivity index (χ0n) is 40.7. The molecule has 0 saturated carbocycles. The highest BCUT2D eigenvalue weighted by Gasteiger charge is 2.59. The molecular formula is C48H60O23. The Morgan fingerprint density at radius 2 is 0.746 bits per heavy atom. The number of ether oxygens (including phenoxy) is 15. The SMILES string of the molecule is CC(=O)OC[C@H]1O[C@@H](O[C@H]2[C@H](OC(C)=O)[C@@H](OC(C)=O)[C@H](OCc3ccccc3)O[C@@H]2COC(C)=O)[C@H](O[C@@H]2O[C@@H](C)[C@@H](OC(C)=O)[C@@H](OC(C)=O)[C@@H]2OCc2ccccc2)[C@@H](OC(C)=O)[C@H]1OC(C)=O. The minimum atomic E-state index is -1.94. The fourth-order valence-corrected chi connectivity index (χ4v) is 8.05. The second-order valence-corrected chi connectivity index (χ2v) is 16.6. The highest BCUT2D eigenvalue weighted by atomic mass is 16.8. The molecular weight excluding hydrogens is 945 g/mol. The lowest BCUT2D eigenvalue weighted by atomic mass is 9.95. The molecule has 23 heteroatoms. The molecule has 0 radical (unpaired) electrons. The molecule has 0 spiro atoms. The lowest BCUT2D eigenvalue weighted by molar-refractivity contribution is -0.390. The van der Waals surface area contributed by atoms with Crippen LogP contribution in [0.4, 0.5) is 0 Å². The quantitative estimate of drug-likeness (QED) is 0.136. The van der Waals surface area contributed by atoms with E-state index in [2.05, 4.69) is 0 Å². The zero-order valence-corrected chi connectivity index (χ0v) is 40.7. The average molecular weight is 1000 g/mol. The summed E-state index contributed by atoms with van der Waals surface area (Å²) in [6.45, 7) is 8.71. The van der Waals surface area contributed by atoms with Crippen LogP contribution >= 0.6 is 0 Å². The van der Waals surface area contributed by atoms with Gasteiger partial charge in [0.25, 0.3) is 0 Å². The van der Waals surface area contributed by atoms with Gasteiger partial charge in [-0.05, 0) is 18.1 Å². The van der Waals surface area contributed by atoms with Crippen molar-refractivity contribution in [2.45, 2.75) is 168 Å². The number of benzene rings is 2. The molecule has 0 amide bonds. The third kappa shape index (κ3) is 16.5. The summed E-state index contributed by atoms with van der Waals surface area (Å²) in [5.41, 5.74) is 1.31. The van der Waals surface area contributed by atoms with E-state index in [-0.39, 0.29) is 13.2 Å². The van der Waals surface area contributed by atoms with Crippen LogP contribution in [0.3, 0.4) is 0 Å². The molecule has 23 nitrogen and oxygen atoms in total. The van der Waals surface area contributed by atoms with Gasteiger partial charge in [-0.3, -0.25) is 38.4 Å². The number of hydrogen-bond acceptors (Lipinski definition) is 23. The molecule has 3 saturated heterocycles. The fraction of sp³-hybridized carbons (Fsp3) is 0.583. The van der Waals surface area contributed by atoms with Gasteiger partial charge in [-0.1, -0.05) is 60.7 Å². The Morgan fingerprint density at radius 1 is 0.380 bits per heavy atom. The highest BCUT2D eigenvalue weighted by molar-refractivity contribution is 5.69. The molecule has 71 heavy (non-hydrogen) atoms. The summed E-state index contributed by atoms with van der Waals surface area (Å²) in [5, 5.41) is 0. The van der Waals surface area contributed by atoms with E-state index in [1.54, 1.807) is 60.7 Å². The molecule has 3 aliphatic heterocycles. The van der Waals surface area contributed by atoms with E-state index in [4.69, 9.17) is 71.1 Å². The van der Waals surface area contributed by atoms with Crippen molar-refractivity contribution in [3.8, 4) is 0 Å². The molecule has 3 fully saturated rings. The normalized spacial score (nSPS) is 30.4. The molecule has 0 aromatic heterocycles. The predicted octanol–water partition coefficient (Wildman–Crippen LogP) is 2.47. The first-order valence-electron chi connectivity index (χ1n) is 22.6. The summed E-state index contributed by atoms with van der Waals surface area (Å²) >= 11 is 0. The van der Waals surface area contributed by atoms with Crippen LogP contribution in [0.15, 0.2) is 60.7 Å². The van der Waals surface area contributed by atoms with Crippen LogP contribution in [0.5, 0.6) is 0 Å². The van der Waals surface area contributed by atoms with Gasteiger partial charge in [0, 0.05) is 55.4 Å². The van der Waals surface area contributed by atoms with Gasteiger partial charge >= 0.3 is 47.8 Å². The number of carbonyl (C=O) groups is 8. The van der Waals surface area contributed by atoms with Gasteiger partial charge < -0.3 is 71.1 Å². The minimum Gasteiger partial charge on any atom is -0.463 e. The van der Waals surface area contributed by atoms with Crippen molar-refractivity contribution in [1.29, 1.82) is 0 Å². The second-order valence-electron chi connectivity index (χ2n) is 16.6. The summed E-state index contributed by atoms with van der Waals surface area (Å²) in [5.74, 6) is -6.75. The summed E-state index contributed by atoms with van der Waals surface area (Å²) in [6, 6.07) is 17.6. The van der Waals surface area contributed by atoms with Gasteiger partial charge in [0.15, 0.2) is 61.6 Å². The molecule has 2 aromatic carbocycles. The lowest BCUT2D eigenvalue weighted by Gasteiger charge is -2.50. The summed E-state index contributed by atoms with van der Waals surface area (Å²) < 4.78 is 90.3. The standard InChI is InChI=1S/C48H60O23/c1-24-37(62-27(4)51)40(64-29(6)53)43(59-20-33-16-12-10-13-17-33)47(61-24)71-45-41(65-30(7)54)38(63-28(5)52)35(22-57-25(2)49)69-48(45)70-39-36(23-58-26(3)50)68-46(60-21-34-18-14-11-15-19-34)44(67-32(9)56)42(39)66-31(8)55/h10-19,24,35-48H,20-23H2,1-9H3/t24-,35+,36+,37+,38-,39+,40+,41-,42-,43-,44+,45+,46+,47-,48-/m0/s1. The zero-order chi connectivity index (χ0) is 51.9. The molecule has 15 atom stereocenters. The minimum absolute atomic E-state index is 0.108. The Labute approximate surface area is 409 Å². The maximum absolute atomic E-state index is 13.1. The third-order valence-corrected chi connectivity index (χ3v) is 10.7. The van der Waals surface area contributed by atoms with Crippen molar-refractivity contribution in [3.63, 3.8) is 0 Å². The van der Waals surface area contributed by atoms with Crippen LogP contribution in [0.1, 0.15) is 73.4 Å². The Hall–Kier alpha value is -6.08. The molecule has 0 unspecified atom stereocenters. The molecule has 390 valence electrons. The molecule has 3 aliphatic rings. The van der Waals surface area contributed by atoms with Gasteiger partial charge in [0.2, 0.25) is 0 Å².